The Kier molecular flexibility index (Phi) is 40.6. The zero-order chi connectivity index (χ0) is 28.1. The molecule has 0 aliphatic heterocycles. The summed E-state index contributed by atoms with van der Waals surface area (Å²) in [5.41, 5.74) is 23.5. The summed E-state index contributed by atoms with van der Waals surface area (Å²) in [4.78, 5) is 36.0. The third-order valence-electron chi connectivity index (χ3n) is 3.50. The van der Waals surface area contributed by atoms with Gasteiger partial charge in [0.2, 0.25) is 0 Å². The van der Waals surface area contributed by atoms with Crippen LogP contribution in [0.5, 0.6) is 0 Å². The van der Waals surface area contributed by atoms with Crippen LogP contribution in [0.1, 0.15) is 92.4 Å². The molecule has 0 amide bonds. The molecular weight excluding hydrogens is 448 g/mol. The molecule has 0 aromatic heterocycles. The number of rotatable bonds is 12. The molecule has 3 atom stereocenters. The average Bonchev–Trinajstić information content (AvgIpc) is 2.63. The van der Waals surface area contributed by atoms with Crippen molar-refractivity contribution in [2.75, 3.05) is 6.54 Å². The molecule has 0 bridgehead atoms. The highest BCUT2D eigenvalue weighted by atomic mass is 16.4. The van der Waals surface area contributed by atoms with Crippen molar-refractivity contribution in [3.05, 3.63) is 0 Å². The van der Waals surface area contributed by atoms with Crippen molar-refractivity contribution in [2.45, 2.75) is 111 Å². The van der Waals surface area contributed by atoms with E-state index < -0.39 is 23.9 Å². The van der Waals surface area contributed by atoms with E-state index >= 15 is 0 Å². The molecule has 12 N–H and O–H groups in total. The maximum absolute atomic E-state index is 9.00. The molecule has 0 saturated carbocycles. The second kappa shape index (κ2) is 32.9. The Hall–Kier alpha value is -2.28. The Balaban J connectivity index is -0.000000141. The number of carboxylic acid groups (broad SMARTS) is 4. The summed E-state index contributed by atoms with van der Waals surface area (Å²) in [6.07, 6.45) is 9.67. The van der Waals surface area contributed by atoms with Crippen LogP contribution in [-0.4, -0.2) is 69.0 Å². The molecule has 0 spiro atoms. The van der Waals surface area contributed by atoms with Crippen molar-refractivity contribution < 1.29 is 39.6 Å². The van der Waals surface area contributed by atoms with E-state index in [0.29, 0.717) is 12.1 Å². The van der Waals surface area contributed by atoms with E-state index in [4.69, 9.17) is 62.5 Å². The predicted octanol–water partition coefficient (Wildman–Crippen LogP) is 1.82. The maximum atomic E-state index is 9.00. The lowest BCUT2D eigenvalue weighted by atomic mass is 9.98. The highest BCUT2D eigenvalue weighted by molar-refractivity contribution is 5.63. The summed E-state index contributed by atoms with van der Waals surface area (Å²) < 4.78 is 0. The molecule has 12 nitrogen and oxygen atoms in total. The number of aliphatic carboxylic acids is 4. The van der Waals surface area contributed by atoms with Crippen molar-refractivity contribution in [2.24, 2.45) is 22.9 Å². The van der Waals surface area contributed by atoms with Crippen molar-refractivity contribution in [3.8, 4) is 0 Å². The van der Waals surface area contributed by atoms with Crippen molar-refractivity contribution in [3.63, 3.8) is 0 Å². The van der Waals surface area contributed by atoms with Gasteiger partial charge < -0.3 is 43.4 Å². The highest BCUT2D eigenvalue weighted by Gasteiger charge is 2.08. The van der Waals surface area contributed by atoms with Gasteiger partial charge in [0.1, 0.15) is 0 Å². The maximum Gasteiger partial charge on any atom is 0.300 e. The quantitative estimate of drug-likeness (QED) is 0.192. The van der Waals surface area contributed by atoms with Gasteiger partial charge in [-0.1, -0.05) is 19.8 Å². The lowest BCUT2D eigenvalue weighted by molar-refractivity contribution is -0.135. The van der Waals surface area contributed by atoms with E-state index in [0.717, 1.165) is 92.0 Å². The van der Waals surface area contributed by atoms with E-state index in [1.54, 1.807) is 0 Å². The highest BCUT2D eigenvalue weighted by Crippen LogP contribution is 2.10. The van der Waals surface area contributed by atoms with Crippen LogP contribution in [0.4, 0.5) is 0 Å². The Morgan fingerprint density at radius 3 is 1.06 bits per heavy atom. The normalized spacial score (nSPS) is 11.7. The summed E-state index contributed by atoms with van der Waals surface area (Å²) in [5, 5.41) is 29.7. The Bertz CT molecular complexity index is 430. The molecule has 0 heterocycles. The molecule has 0 aliphatic rings. The fraction of sp³-hybridized carbons (Fsp3) is 0.818. The SMILES string of the molecule is CC(=O)O.CC(=O)O.CC(=O)O.CC(=O)O.CCCC(N)CCC(N)CCCC(N)CCCN. The van der Waals surface area contributed by atoms with Crippen LogP contribution < -0.4 is 22.9 Å². The van der Waals surface area contributed by atoms with E-state index in [1.807, 2.05) is 0 Å². The fourth-order valence-electron chi connectivity index (χ4n) is 2.25. The molecule has 3 unspecified atom stereocenters. The minimum Gasteiger partial charge on any atom is -0.481 e. The first-order chi connectivity index (χ1) is 15.5. The number of carbonyl (C=O) groups is 4. The molecule has 206 valence electrons. The molecular formula is C22H50N4O8. The summed E-state index contributed by atoms with van der Waals surface area (Å²) in [5.74, 6) is -3.33. The third-order valence-corrected chi connectivity index (χ3v) is 3.50. The fourth-order valence-corrected chi connectivity index (χ4v) is 2.25. The molecule has 0 aromatic carbocycles. The molecule has 12 heteroatoms. The zero-order valence-electron chi connectivity index (χ0n) is 21.5. The van der Waals surface area contributed by atoms with E-state index in [9.17, 15) is 0 Å². The van der Waals surface area contributed by atoms with Crippen LogP contribution in [0.2, 0.25) is 0 Å². The minimum absolute atomic E-state index is 0.287. The topological polar surface area (TPSA) is 253 Å². The average molecular weight is 499 g/mol. The molecule has 0 radical (unpaired) electrons. The lowest BCUT2D eigenvalue weighted by Crippen LogP contribution is -2.27. The molecule has 0 aromatic rings. The van der Waals surface area contributed by atoms with Gasteiger partial charge in [-0.15, -0.1) is 0 Å². The Morgan fingerprint density at radius 1 is 0.559 bits per heavy atom. The third kappa shape index (κ3) is 99.2. The van der Waals surface area contributed by atoms with E-state index in [2.05, 4.69) is 6.92 Å². The molecule has 0 aliphatic carbocycles. The van der Waals surface area contributed by atoms with Crippen molar-refractivity contribution in [1.82, 2.24) is 0 Å². The Labute approximate surface area is 204 Å². The molecule has 0 saturated heterocycles. The van der Waals surface area contributed by atoms with Crippen LogP contribution in [0.25, 0.3) is 0 Å². The zero-order valence-corrected chi connectivity index (χ0v) is 21.5. The standard InChI is InChI=1S/C14H34N4.4C2H4O2/c1-2-5-12(16)9-10-14(18)7-3-6-13(17)8-4-11-15;4*1-2(3)4/h12-14H,2-11,15-18H2,1H3;4*1H3,(H,3,4). The first-order valence-corrected chi connectivity index (χ1v) is 11.3. The number of hydrogen-bond donors (Lipinski definition) is 8. The van der Waals surface area contributed by atoms with Gasteiger partial charge in [0.05, 0.1) is 0 Å². The predicted molar refractivity (Wildman–Crippen MR) is 133 cm³/mol. The smallest absolute Gasteiger partial charge is 0.300 e. The van der Waals surface area contributed by atoms with Crippen molar-refractivity contribution >= 4 is 23.9 Å². The summed E-state index contributed by atoms with van der Waals surface area (Å²) in [6, 6.07) is 0.908. The summed E-state index contributed by atoms with van der Waals surface area (Å²) >= 11 is 0. The van der Waals surface area contributed by atoms with E-state index in [-0.39, 0.29) is 6.04 Å². The number of nitrogens with two attached hydrogens (primary N) is 4. The van der Waals surface area contributed by atoms with Crippen LogP contribution in [0.15, 0.2) is 0 Å². The Morgan fingerprint density at radius 2 is 0.794 bits per heavy atom. The van der Waals surface area contributed by atoms with Gasteiger partial charge >= 0.3 is 0 Å². The first-order valence-electron chi connectivity index (χ1n) is 11.3. The van der Waals surface area contributed by atoms with Crippen LogP contribution >= 0.6 is 0 Å². The first kappa shape index (κ1) is 41.9. The van der Waals surface area contributed by atoms with Gasteiger partial charge in [0.15, 0.2) is 0 Å². The minimum atomic E-state index is -0.833. The van der Waals surface area contributed by atoms with E-state index in [1.165, 1.54) is 0 Å². The van der Waals surface area contributed by atoms with Crippen LogP contribution in [0, 0.1) is 0 Å². The van der Waals surface area contributed by atoms with Gasteiger partial charge in [0, 0.05) is 45.8 Å². The lowest BCUT2D eigenvalue weighted by Gasteiger charge is -2.16. The van der Waals surface area contributed by atoms with Gasteiger partial charge in [-0.05, 0) is 51.5 Å². The van der Waals surface area contributed by atoms with Gasteiger partial charge in [-0.2, -0.15) is 0 Å². The summed E-state index contributed by atoms with van der Waals surface area (Å²) in [6.45, 7) is 7.24. The summed E-state index contributed by atoms with van der Waals surface area (Å²) in [7, 11) is 0. The largest absolute Gasteiger partial charge is 0.481 e. The van der Waals surface area contributed by atoms with Crippen molar-refractivity contribution in [1.29, 1.82) is 0 Å². The van der Waals surface area contributed by atoms with Gasteiger partial charge in [-0.3, -0.25) is 19.2 Å². The number of hydrogen-bond acceptors (Lipinski definition) is 8. The number of carboxylic acids is 4. The monoisotopic (exact) mass is 498 g/mol. The van der Waals surface area contributed by atoms with Crippen LogP contribution in [-0.2, 0) is 19.2 Å². The second-order valence-corrected chi connectivity index (χ2v) is 7.58. The second-order valence-electron chi connectivity index (χ2n) is 7.58. The van der Waals surface area contributed by atoms with Gasteiger partial charge in [-0.25, -0.2) is 0 Å². The van der Waals surface area contributed by atoms with Gasteiger partial charge in [0.25, 0.3) is 23.9 Å². The van der Waals surface area contributed by atoms with Crippen LogP contribution in [0.3, 0.4) is 0 Å². The molecule has 0 rings (SSSR count). The molecule has 34 heavy (non-hydrogen) atoms. The molecule has 0 fully saturated rings.